The van der Waals surface area contributed by atoms with Crippen LogP contribution in [0.4, 0.5) is 4.79 Å². The number of piperidine rings is 1. The molecule has 2 unspecified atom stereocenters. The second-order valence-electron chi connectivity index (χ2n) is 8.47. The molecule has 2 aliphatic rings. The molecule has 1 amide bonds. The maximum atomic E-state index is 12.1. The van der Waals surface area contributed by atoms with Gasteiger partial charge in [0.05, 0.1) is 13.2 Å². The van der Waals surface area contributed by atoms with Crippen molar-refractivity contribution in [1.29, 1.82) is 0 Å². The minimum absolute atomic E-state index is 0.163. The van der Waals surface area contributed by atoms with E-state index in [1.165, 1.54) is 12.0 Å². The second kappa shape index (κ2) is 7.77. The highest BCUT2D eigenvalue weighted by Gasteiger charge is 2.44. The van der Waals surface area contributed by atoms with Crippen LogP contribution in [0.2, 0.25) is 0 Å². The van der Waals surface area contributed by atoms with Gasteiger partial charge in [0, 0.05) is 13.1 Å². The zero-order valence-corrected chi connectivity index (χ0v) is 15.7. The molecule has 1 heterocycles. The maximum Gasteiger partial charge on any atom is 0.410 e. The lowest BCUT2D eigenvalue weighted by Crippen LogP contribution is -2.42. The van der Waals surface area contributed by atoms with Gasteiger partial charge in [0.2, 0.25) is 0 Å². The summed E-state index contributed by atoms with van der Waals surface area (Å²) in [5.74, 6) is 2.24. The van der Waals surface area contributed by atoms with Crippen LogP contribution in [0.5, 0.6) is 0 Å². The van der Waals surface area contributed by atoms with Gasteiger partial charge >= 0.3 is 6.09 Å². The number of carbonyl (C=O) groups excluding carboxylic acids is 1. The summed E-state index contributed by atoms with van der Waals surface area (Å²) in [7, 11) is 0. The van der Waals surface area contributed by atoms with E-state index in [1.54, 1.807) is 0 Å². The fourth-order valence-electron chi connectivity index (χ4n) is 3.78. The van der Waals surface area contributed by atoms with Crippen molar-refractivity contribution in [2.24, 2.45) is 17.8 Å². The molecule has 4 heteroatoms. The molecule has 138 valence electrons. The fraction of sp³-hybridized carbons (Fsp3) is 0.667. The monoisotopic (exact) mass is 345 g/mol. The van der Waals surface area contributed by atoms with Gasteiger partial charge in [-0.05, 0) is 63.4 Å². The number of rotatable bonds is 5. The van der Waals surface area contributed by atoms with E-state index < -0.39 is 5.60 Å². The molecule has 0 N–H and O–H groups in total. The van der Waals surface area contributed by atoms with Crippen molar-refractivity contribution in [1.82, 2.24) is 4.90 Å². The SMILES string of the molecule is CC(C)(C)OC(=O)N1CCC(C2CC2COCc2ccccc2)CC1. The van der Waals surface area contributed by atoms with Crippen LogP contribution in [-0.2, 0) is 16.1 Å². The average molecular weight is 345 g/mol. The van der Waals surface area contributed by atoms with Crippen molar-refractivity contribution in [2.75, 3.05) is 19.7 Å². The third-order valence-electron chi connectivity index (χ3n) is 5.22. The Bertz CT molecular complexity index is 558. The molecular formula is C21H31NO3. The van der Waals surface area contributed by atoms with Crippen molar-refractivity contribution >= 4 is 6.09 Å². The lowest BCUT2D eigenvalue weighted by molar-refractivity contribution is 0.0170. The van der Waals surface area contributed by atoms with E-state index >= 15 is 0 Å². The molecule has 2 fully saturated rings. The molecule has 0 bridgehead atoms. The number of hydrogen-bond acceptors (Lipinski definition) is 3. The zero-order valence-electron chi connectivity index (χ0n) is 15.7. The molecule has 0 spiro atoms. The Hall–Kier alpha value is -1.55. The van der Waals surface area contributed by atoms with Gasteiger partial charge in [0.15, 0.2) is 0 Å². The molecule has 2 atom stereocenters. The summed E-state index contributed by atoms with van der Waals surface area (Å²) in [6, 6.07) is 10.4. The summed E-state index contributed by atoms with van der Waals surface area (Å²) < 4.78 is 11.4. The van der Waals surface area contributed by atoms with Crippen molar-refractivity contribution < 1.29 is 14.3 Å². The van der Waals surface area contributed by atoms with Gasteiger partial charge in [-0.25, -0.2) is 4.79 Å². The normalized spacial score (nSPS) is 24.2. The molecule has 3 rings (SSSR count). The Labute approximate surface area is 151 Å². The number of amides is 1. The van der Waals surface area contributed by atoms with Gasteiger partial charge in [-0.3, -0.25) is 0 Å². The molecule has 1 aromatic carbocycles. The zero-order chi connectivity index (χ0) is 17.9. The number of ether oxygens (including phenoxy) is 2. The fourth-order valence-corrected chi connectivity index (χ4v) is 3.78. The lowest BCUT2D eigenvalue weighted by Gasteiger charge is -2.33. The van der Waals surface area contributed by atoms with Crippen molar-refractivity contribution in [3.05, 3.63) is 35.9 Å². The molecule has 0 radical (unpaired) electrons. The van der Waals surface area contributed by atoms with Gasteiger partial charge in [-0.1, -0.05) is 30.3 Å². The highest BCUT2D eigenvalue weighted by molar-refractivity contribution is 5.68. The van der Waals surface area contributed by atoms with Gasteiger partial charge in [-0.2, -0.15) is 0 Å². The van der Waals surface area contributed by atoms with Gasteiger partial charge in [-0.15, -0.1) is 0 Å². The summed E-state index contributed by atoms with van der Waals surface area (Å²) >= 11 is 0. The van der Waals surface area contributed by atoms with E-state index in [9.17, 15) is 4.79 Å². The van der Waals surface area contributed by atoms with E-state index in [1.807, 2.05) is 31.7 Å². The largest absolute Gasteiger partial charge is 0.444 e. The molecule has 0 aromatic heterocycles. The van der Waals surface area contributed by atoms with Crippen LogP contribution in [0.1, 0.15) is 45.6 Å². The third-order valence-corrected chi connectivity index (χ3v) is 5.22. The molecule has 1 saturated heterocycles. The standard InChI is InChI=1S/C21H31NO3/c1-21(2,3)25-20(23)22-11-9-17(10-12-22)19-13-18(19)15-24-14-16-7-5-4-6-8-16/h4-8,17-19H,9-15H2,1-3H3. The summed E-state index contributed by atoms with van der Waals surface area (Å²) in [4.78, 5) is 14.0. The Kier molecular flexibility index (Phi) is 5.67. The molecule has 1 aliphatic carbocycles. The Morgan fingerprint density at radius 3 is 2.48 bits per heavy atom. The highest BCUT2D eigenvalue weighted by Crippen LogP contribution is 2.48. The Balaban J connectivity index is 1.34. The number of carbonyl (C=O) groups is 1. The summed E-state index contributed by atoms with van der Waals surface area (Å²) in [5, 5.41) is 0. The summed E-state index contributed by atoms with van der Waals surface area (Å²) in [5.41, 5.74) is 0.830. The number of likely N-dealkylation sites (tertiary alicyclic amines) is 1. The molecule has 1 aliphatic heterocycles. The first-order valence-corrected chi connectivity index (χ1v) is 9.52. The first-order chi connectivity index (χ1) is 11.9. The van der Waals surface area contributed by atoms with Crippen LogP contribution in [0.25, 0.3) is 0 Å². The smallest absolute Gasteiger partial charge is 0.410 e. The number of benzene rings is 1. The van der Waals surface area contributed by atoms with E-state index in [4.69, 9.17) is 9.47 Å². The first-order valence-electron chi connectivity index (χ1n) is 9.52. The molecule has 1 aromatic rings. The number of nitrogens with zero attached hydrogens (tertiary/aromatic N) is 1. The Morgan fingerprint density at radius 2 is 1.84 bits per heavy atom. The van der Waals surface area contributed by atoms with Crippen LogP contribution in [-0.4, -0.2) is 36.3 Å². The maximum absolute atomic E-state index is 12.1. The third kappa shape index (κ3) is 5.46. The van der Waals surface area contributed by atoms with Crippen molar-refractivity contribution in [2.45, 2.75) is 52.2 Å². The van der Waals surface area contributed by atoms with Gasteiger partial charge in [0.1, 0.15) is 5.60 Å². The quantitative estimate of drug-likeness (QED) is 0.789. The van der Waals surface area contributed by atoms with E-state index in [0.717, 1.165) is 44.4 Å². The lowest BCUT2D eigenvalue weighted by atomic mass is 9.91. The van der Waals surface area contributed by atoms with E-state index in [-0.39, 0.29) is 6.09 Å². The van der Waals surface area contributed by atoms with Crippen molar-refractivity contribution in [3.63, 3.8) is 0 Å². The van der Waals surface area contributed by atoms with Crippen LogP contribution in [0.3, 0.4) is 0 Å². The van der Waals surface area contributed by atoms with Gasteiger partial charge < -0.3 is 14.4 Å². The van der Waals surface area contributed by atoms with Crippen molar-refractivity contribution in [3.8, 4) is 0 Å². The number of hydrogen-bond donors (Lipinski definition) is 0. The van der Waals surface area contributed by atoms with Gasteiger partial charge in [0.25, 0.3) is 0 Å². The molecule has 4 nitrogen and oxygen atoms in total. The Morgan fingerprint density at radius 1 is 1.16 bits per heavy atom. The van der Waals surface area contributed by atoms with E-state index in [0.29, 0.717) is 12.5 Å². The van der Waals surface area contributed by atoms with Crippen LogP contribution < -0.4 is 0 Å². The predicted octanol–water partition coefficient (Wildman–Crippen LogP) is 4.49. The minimum atomic E-state index is -0.411. The van der Waals surface area contributed by atoms with Crippen LogP contribution >= 0.6 is 0 Å². The first kappa shape index (κ1) is 18.2. The minimum Gasteiger partial charge on any atom is -0.444 e. The molecule has 25 heavy (non-hydrogen) atoms. The van der Waals surface area contributed by atoms with Crippen LogP contribution in [0.15, 0.2) is 30.3 Å². The molecular weight excluding hydrogens is 314 g/mol. The summed E-state index contributed by atoms with van der Waals surface area (Å²) in [6.07, 6.45) is 3.31. The highest BCUT2D eigenvalue weighted by atomic mass is 16.6. The predicted molar refractivity (Wildman–Crippen MR) is 98.2 cm³/mol. The van der Waals surface area contributed by atoms with E-state index in [2.05, 4.69) is 24.3 Å². The topological polar surface area (TPSA) is 38.8 Å². The molecule has 1 saturated carbocycles. The van der Waals surface area contributed by atoms with Crippen LogP contribution in [0, 0.1) is 17.8 Å². The summed E-state index contributed by atoms with van der Waals surface area (Å²) in [6.45, 7) is 8.99. The average Bonchev–Trinajstić information content (AvgIpc) is 3.34. The second-order valence-corrected chi connectivity index (χ2v) is 8.47.